The minimum atomic E-state index is -0.953. The summed E-state index contributed by atoms with van der Waals surface area (Å²) in [7, 11) is 1.30. The summed E-state index contributed by atoms with van der Waals surface area (Å²) in [6.07, 6.45) is 5.14. The molecular formula is C22H21NO5S. The van der Waals surface area contributed by atoms with Crippen LogP contribution in [-0.4, -0.2) is 30.1 Å². The monoisotopic (exact) mass is 411 g/mol. The van der Waals surface area contributed by atoms with E-state index in [9.17, 15) is 19.5 Å². The van der Waals surface area contributed by atoms with Crippen molar-refractivity contribution >= 4 is 34.2 Å². The van der Waals surface area contributed by atoms with Crippen molar-refractivity contribution in [3.8, 4) is 0 Å². The van der Waals surface area contributed by atoms with Gasteiger partial charge >= 0.3 is 11.9 Å². The zero-order valence-electron chi connectivity index (χ0n) is 15.8. The number of carbonyl (C=O) groups is 3. The highest BCUT2D eigenvalue weighted by Crippen LogP contribution is 2.48. The molecule has 2 aliphatic rings. The zero-order chi connectivity index (χ0) is 20.5. The van der Waals surface area contributed by atoms with E-state index < -0.39 is 23.8 Å². The SMILES string of the molecule is COC(=O)c1cc(Cc2ccccc2)sc1NC(=O)[C@@H]1[C@H](C(=O)O)[C@H]2C=C[C@H]1C2. The number of amides is 1. The van der Waals surface area contributed by atoms with E-state index in [1.54, 1.807) is 6.07 Å². The molecule has 2 N–H and O–H groups in total. The summed E-state index contributed by atoms with van der Waals surface area (Å²) in [6, 6.07) is 11.5. The molecule has 0 saturated heterocycles. The molecule has 4 atom stereocenters. The van der Waals surface area contributed by atoms with Gasteiger partial charge in [-0.3, -0.25) is 9.59 Å². The molecule has 1 aromatic carbocycles. The lowest BCUT2D eigenvalue weighted by molar-refractivity contribution is -0.146. The smallest absolute Gasteiger partial charge is 0.340 e. The first-order chi connectivity index (χ1) is 14.0. The number of hydrogen-bond acceptors (Lipinski definition) is 5. The van der Waals surface area contributed by atoms with Gasteiger partial charge in [-0.2, -0.15) is 0 Å². The number of nitrogens with one attached hydrogen (secondary N) is 1. The molecule has 2 aromatic rings. The van der Waals surface area contributed by atoms with E-state index in [0.717, 1.165) is 10.4 Å². The molecule has 2 bridgehead atoms. The molecular weight excluding hydrogens is 390 g/mol. The van der Waals surface area contributed by atoms with Gasteiger partial charge in [0.05, 0.1) is 24.5 Å². The van der Waals surface area contributed by atoms with Crippen LogP contribution >= 0.6 is 11.3 Å². The lowest BCUT2D eigenvalue weighted by atomic mass is 9.82. The third-order valence-corrected chi connectivity index (χ3v) is 6.74. The number of allylic oxidation sites excluding steroid dienone is 2. The predicted octanol–water partition coefficient (Wildman–Crippen LogP) is 3.59. The molecule has 6 nitrogen and oxygen atoms in total. The van der Waals surface area contributed by atoms with Crippen molar-refractivity contribution in [2.45, 2.75) is 12.8 Å². The van der Waals surface area contributed by atoms with Gasteiger partial charge in [0, 0.05) is 11.3 Å². The van der Waals surface area contributed by atoms with Gasteiger partial charge in [0.25, 0.3) is 0 Å². The molecule has 1 fully saturated rings. The minimum Gasteiger partial charge on any atom is -0.481 e. The third-order valence-electron chi connectivity index (χ3n) is 5.69. The Bertz CT molecular complexity index is 980. The molecule has 1 heterocycles. The van der Waals surface area contributed by atoms with Crippen molar-refractivity contribution in [3.05, 3.63) is 64.6 Å². The largest absolute Gasteiger partial charge is 0.481 e. The van der Waals surface area contributed by atoms with Crippen molar-refractivity contribution in [2.75, 3.05) is 12.4 Å². The Morgan fingerprint density at radius 1 is 1.14 bits per heavy atom. The Labute approximate surface area is 172 Å². The number of carboxylic acid groups (broad SMARTS) is 1. The Kier molecular flexibility index (Phi) is 5.24. The normalized spacial score (nSPS) is 24.4. The average molecular weight is 411 g/mol. The predicted molar refractivity (Wildman–Crippen MR) is 109 cm³/mol. The van der Waals surface area contributed by atoms with Gasteiger partial charge in [-0.05, 0) is 29.9 Å². The highest BCUT2D eigenvalue weighted by Gasteiger charge is 2.51. The summed E-state index contributed by atoms with van der Waals surface area (Å²) >= 11 is 1.32. The number of aliphatic carboxylic acids is 1. The van der Waals surface area contributed by atoms with Crippen molar-refractivity contribution in [2.24, 2.45) is 23.7 Å². The fourth-order valence-corrected chi connectivity index (χ4v) is 5.47. The summed E-state index contributed by atoms with van der Waals surface area (Å²) in [5.41, 5.74) is 1.38. The van der Waals surface area contributed by atoms with E-state index in [-0.39, 0.29) is 17.7 Å². The second-order valence-corrected chi connectivity index (χ2v) is 8.57. The van der Waals surface area contributed by atoms with Crippen LogP contribution in [0.3, 0.4) is 0 Å². The molecule has 1 aromatic heterocycles. The van der Waals surface area contributed by atoms with Gasteiger partial charge < -0.3 is 15.2 Å². The second-order valence-electron chi connectivity index (χ2n) is 7.44. The number of carboxylic acids is 1. The van der Waals surface area contributed by atoms with Crippen LogP contribution in [0.2, 0.25) is 0 Å². The molecule has 0 radical (unpaired) electrons. The Balaban J connectivity index is 1.58. The van der Waals surface area contributed by atoms with Gasteiger partial charge in [0.2, 0.25) is 5.91 Å². The van der Waals surface area contributed by atoms with E-state index >= 15 is 0 Å². The highest BCUT2D eigenvalue weighted by atomic mass is 32.1. The van der Waals surface area contributed by atoms with Crippen LogP contribution in [0, 0.1) is 23.7 Å². The first-order valence-electron chi connectivity index (χ1n) is 9.45. The minimum absolute atomic E-state index is 0.0774. The maximum atomic E-state index is 13.0. The van der Waals surface area contributed by atoms with Gasteiger partial charge in [-0.25, -0.2) is 4.79 Å². The first-order valence-corrected chi connectivity index (χ1v) is 10.3. The molecule has 2 aliphatic carbocycles. The van der Waals surface area contributed by atoms with Crippen molar-refractivity contribution < 1.29 is 24.2 Å². The van der Waals surface area contributed by atoms with E-state index in [1.165, 1.54) is 18.4 Å². The van der Waals surface area contributed by atoms with Crippen LogP contribution in [0.5, 0.6) is 0 Å². The van der Waals surface area contributed by atoms with Crippen LogP contribution in [0.15, 0.2) is 48.6 Å². The maximum absolute atomic E-state index is 13.0. The van der Waals surface area contributed by atoms with Crippen LogP contribution in [0.1, 0.15) is 27.2 Å². The van der Waals surface area contributed by atoms with E-state index in [1.807, 2.05) is 42.5 Å². The molecule has 150 valence electrons. The first kappa shape index (κ1) is 19.4. The topological polar surface area (TPSA) is 92.7 Å². The number of thiophene rings is 1. The Morgan fingerprint density at radius 2 is 1.83 bits per heavy atom. The number of benzene rings is 1. The highest BCUT2D eigenvalue weighted by molar-refractivity contribution is 7.16. The zero-order valence-corrected chi connectivity index (χ0v) is 16.6. The number of rotatable bonds is 6. The van der Waals surface area contributed by atoms with E-state index in [2.05, 4.69) is 5.32 Å². The molecule has 29 heavy (non-hydrogen) atoms. The van der Waals surface area contributed by atoms with Crippen LogP contribution in [0.4, 0.5) is 5.00 Å². The summed E-state index contributed by atoms with van der Waals surface area (Å²) < 4.78 is 4.87. The number of hydrogen-bond donors (Lipinski definition) is 2. The molecule has 0 unspecified atom stereocenters. The fraction of sp³-hybridized carbons (Fsp3) is 0.318. The summed E-state index contributed by atoms with van der Waals surface area (Å²) in [5.74, 6) is -3.38. The van der Waals surface area contributed by atoms with Crippen molar-refractivity contribution in [1.82, 2.24) is 0 Å². The Hall–Kier alpha value is -2.93. The number of anilines is 1. The fourth-order valence-electron chi connectivity index (χ4n) is 4.39. The summed E-state index contributed by atoms with van der Waals surface area (Å²) in [6.45, 7) is 0. The van der Waals surface area contributed by atoms with Crippen LogP contribution < -0.4 is 5.32 Å². The van der Waals surface area contributed by atoms with Gasteiger partial charge in [0.15, 0.2) is 0 Å². The van der Waals surface area contributed by atoms with Crippen molar-refractivity contribution in [3.63, 3.8) is 0 Å². The van der Waals surface area contributed by atoms with Crippen LogP contribution in [-0.2, 0) is 20.7 Å². The number of fused-ring (bicyclic) bond motifs is 2. The molecule has 1 saturated carbocycles. The lowest BCUT2D eigenvalue weighted by Gasteiger charge is -2.23. The molecule has 7 heteroatoms. The van der Waals surface area contributed by atoms with Gasteiger partial charge in [0.1, 0.15) is 5.00 Å². The molecule has 0 spiro atoms. The second kappa shape index (κ2) is 7.83. The van der Waals surface area contributed by atoms with Gasteiger partial charge in [-0.15, -0.1) is 11.3 Å². The number of methoxy groups -OCH3 is 1. The summed E-state index contributed by atoms with van der Waals surface area (Å²) in [4.78, 5) is 37.8. The third kappa shape index (κ3) is 3.70. The molecule has 1 amide bonds. The van der Waals surface area contributed by atoms with E-state index in [4.69, 9.17) is 4.74 Å². The van der Waals surface area contributed by atoms with Crippen LogP contribution in [0.25, 0.3) is 0 Å². The quantitative estimate of drug-likeness (QED) is 0.560. The number of ether oxygens (including phenoxy) is 1. The lowest BCUT2D eigenvalue weighted by Crippen LogP contribution is -2.36. The van der Waals surface area contributed by atoms with E-state index in [0.29, 0.717) is 23.4 Å². The van der Waals surface area contributed by atoms with Gasteiger partial charge in [-0.1, -0.05) is 42.5 Å². The average Bonchev–Trinajstić information content (AvgIpc) is 3.42. The Morgan fingerprint density at radius 3 is 2.48 bits per heavy atom. The molecule has 0 aliphatic heterocycles. The summed E-state index contributed by atoms with van der Waals surface area (Å²) in [5, 5.41) is 12.8. The molecule has 4 rings (SSSR count). The standard InChI is InChI=1S/C22H21NO5S/c1-28-22(27)16-11-15(9-12-5-3-2-4-6-12)29-20(16)23-19(24)17-13-7-8-14(10-13)18(17)21(25)26/h2-8,11,13-14,17-18H,9-10H2,1H3,(H,23,24)(H,25,26)/t13-,14-,17-,18+/m0/s1. The number of esters is 1. The van der Waals surface area contributed by atoms with Crippen molar-refractivity contribution in [1.29, 1.82) is 0 Å². The number of carbonyl (C=O) groups excluding carboxylic acids is 2. The maximum Gasteiger partial charge on any atom is 0.340 e.